The highest BCUT2D eigenvalue weighted by Gasteiger charge is 2.36. The number of Topliss-reactive ketones (excluding diaryl/α,β-unsaturated/α-hetero) is 1. The second-order valence-corrected chi connectivity index (χ2v) is 4.64. The van der Waals surface area contributed by atoms with Gasteiger partial charge in [-0.1, -0.05) is 12.1 Å². The normalized spacial score (nSPS) is 15.0. The van der Waals surface area contributed by atoms with Crippen LogP contribution in [-0.4, -0.2) is 41.0 Å². The molecule has 1 N–H and O–H groups in total. The number of imide groups is 1. The van der Waals surface area contributed by atoms with E-state index >= 15 is 0 Å². The largest absolute Gasteiger partial charge is 0.345 e. The zero-order chi connectivity index (χ0) is 14.9. The molecule has 1 aliphatic rings. The zero-order valence-electron chi connectivity index (χ0n) is 11.2. The van der Waals surface area contributed by atoms with Crippen LogP contribution in [0.4, 0.5) is 0 Å². The first-order chi connectivity index (χ1) is 9.41. The van der Waals surface area contributed by atoms with Gasteiger partial charge in [0.25, 0.3) is 11.8 Å². The van der Waals surface area contributed by atoms with Gasteiger partial charge in [0, 0.05) is 0 Å². The third kappa shape index (κ3) is 2.45. The Morgan fingerprint density at radius 1 is 1.15 bits per heavy atom. The fourth-order valence-electron chi connectivity index (χ4n) is 1.92. The van der Waals surface area contributed by atoms with Gasteiger partial charge in [0.1, 0.15) is 6.54 Å². The summed E-state index contributed by atoms with van der Waals surface area (Å²) in [6.07, 6.45) is 0. The number of amides is 3. The maximum absolute atomic E-state index is 12.0. The number of fused-ring (bicyclic) bond motifs is 1. The van der Waals surface area contributed by atoms with Crippen molar-refractivity contribution >= 4 is 23.5 Å². The van der Waals surface area contributed by atoms with E-state index in [1.807, 2.05) is 0 Å². The molecule has 6 heteroatoms. The Balaban J connectivity index is 2.09. The molecule has 1 atom stereocenters. The zero-order valence-corrected chi connectivity index (χ0v) is 11.2. The van der Waals surface area contributed by atoms with Gasteiger partial charge in [-0.3, -0.25) is 24.1 Å². The molecule has 0 saturated heterocycles. The van der Waals surface area contributed by atoms with Crippen LogP contribution in [0, 0.1) is 0 Å². The summed E-state index contributed by atoms with van der Waals surface area (Å²) in [6.45, 7) is 2.51. The highest BCUT2D eigenvalue weighted by atomic mass is 16.2. The average molecular weight is 274 g/mol. The van der Waals surface area contributed by atoms with E-state index in [0.29, 0.717) is 11.1 Å². The predicted octanol–water partition coefficient (Wildman–Crippen LogP) is 0.376. The second-order valence-electron chi connectivity index (χ2n) is 4.64. The Kier molecular flexibility index (Phi) is 3.65. The van der Waals surface area contributed by atoms with E-state index in [1.165, 1.54) is 6.92 Å². The number of carbonyl (C=O) groups excluding carboxylic acids is 4. The summed E-state index contributed by atoms with van der Waals surface area (Å²) in [6, 6.07) is 5.77. The van der Waals surface area contributed by atoms with Crippen molar-refractivity contribution in [1.29, 1.82) is 0 Å². The molecule has 3 amide bonds. The standard InChI is InChI=1S/C14H14N2O4/c1-8(9(2)17)15-12(18)7-16-13(19)10-5-3-4-6-11(10)14(16)20/h3-6,8H,7H2,1-2H3,(H,15,18). The van der Waals surface area contributed by atoms with Gasteiger partial charge in [-0.2, -0.15) is 0 Å². The van der Waals surface area contributed by atoms with E-state index in [4.69, 9.17) is 0 Å². The SMILES string of the molecule is CC(=O)C(C)NC(=O)CN1C(=O)c2ccccc2C1=O. The maximum Gasteiger partial charge on any atom is 0.262 e. The fraction of sp³-hybridized carbons (Fsp3) is 0.286. The minimum atomic E-state index is -0.641. The van der Waals surface area contributed by atoms with E-state index < -0.39 is 23.8 Å². The molecule has 0 aliphatic carbocycles. The van der Waals surface area contributed by atoms with E-state index in [2.05, 4.69) is 5.32 Å². The molecule has 1 aliphatic heterocycles. The molecule has 1 heterocycles. The summed E-state index contributed by atoms with van der Waals surface area (Å²) in [5, 5.41) is 2.44. The van der Waals surface area contributed by atoms with Gasteiger partial charge >= 0.3 is 0 Å². The number of carbonyl (C=O) groups is 4. The van der Waals surface area contributed by atoms with E-state index in [-0.39, 0.29) is 12.3 Å². The molecule has 104 valence electrons. The monoisotopic (exact) mass is 274 g/mol. The summed E-state index contributed by atoms with van der Waals surface area (Å²) in [4.78, 5) is 47.7. The Labute approximate surface area is 115 Å². The molecule has 0 fully saturated rings. The van der Waals surface area contributed by atoms with Gasteiger partial charge in [-0.15, -0.1) is 0 Å². The Morgan fingerprint density at radius 3 is 2.10 bits per heavy atom. The Bertz CT molecular complexity index is 574. The number of benzene rings is 1. The van der Waals surface area contributed by atoms with Crippen LogP contribution >= 0.6 is 0 Å². The lowest BCUT2D eigenvalue weighted by atomic mass is 10.1. The van der Waals surface area contributed by atoms with Crippen LogP contribution in [0.2, 0.25) is 0 Å². The van der Waals surface area contributed by atoms with Crippen molar-refractivity contribution in [2.45, 2.75) is 19.9 Å². The minimum absolute atomic E-state index is 0.194. The Morgan fingerprint density at radius 2 is 1.65 bits per heavy atom. The van der Waals surface area contributed by atoms with Crippen LogP contribution in [0.1, 0.15) is 34.6 Å². The van der Waals surface area contributed by atoms with Gasteiger partial charge in [0.15, 0.2) is 5.78 Å². The summed E-state index contributed by atoms with van der Waals surface area (Å²) in [5.74, 6) is -1.71. The quantitative estimate of drug-likeness (QED) is 0.804. The van der Waals surface area contributed by atoms with E-state index in [0.717, 1.165) is 4.90 Å². The number of nitrogens with one attached hydrogen (secondary N) is 1. The molecule has 2 rings (SSSR count). The summed E-state index contributed by atoms with van der Waals surface area (Å²) in [5.41, 5.74) is 0.592. The summed E-state index contributed by atoms with van der Waals surface area (Å²) >= 11 is 0. The van der Waals surface area contributed by atoms with Crippen LogP contribution in [0.25, 0.3) is 0 Å². The van der Waals surface area contributed by atoms with Crippen LogP contribution in [0.15, 0.2) is 24.3 Å². The van der Waals surface area contributed by atoms with Crippen molar-refractivity contribution in [3.63, 3.8) is 0 Å². The number of nitrogens with zero attached hydrogens (tertiary/aromatic N) is 1. The number of hydrogen-bond donors (Lipinski definition) is 1. The molecular formula is C14H14N2O4. The molecule has 0 bridgehead atoms. The summed E-state index contributed by atoms with van der Waals surface area (Å²) < 4.78 is 0. The highest BCUT2D eigenvalue weighted by molar-refractivity contribution is 6.22. The molecular weight excluding hydrogens is 260 g/mol. The number of hydrogen-bond acceptors (Lipinski definition) is 4. The first-order valence-electron chi connectivity index (χ1n) is 6.17. The number of ketones is 1. The first kappa shape index (κ1) is 13.9. The molecule has 1 aromatic carbocycles. The molecule has 1 unspecified atom stereocenters. The lowest BCUT2D eigenvalue weighted by Gasteiger charge is -2.15. The lowest BCUT2D eigenvalue weighted by molar-refractivity contribution is -0.126. The van der Waals surface area contributed by atoms with E-state index in [9.17, 15) is 19.2 Å². The molecule has 20 heavy (non-hydrogen) atoms. The molecule has 6 nitrogen and oxygen atoms in total. The molecule has 1 aromatic rings. The van der Waals surface area contributed by atoms with Crippen molar-refractivity contribution in [1.82, 2.24) is 10.2 Å². The lowest BCUT2D eigenvalue weighted by Crippen LogP contribution is -2.45. The van der Waals surface area contributed by atoms with Gasteiger partial charge in [0.2, 0.25) is 5.91 Å². The predicted molar refractivity (Wildman–Crippen MR) is 70.1 cm³/mol. The maximum atomic E-state index is 12.0. The van der Waals surface area contributed by atoms with Crippen molar-refractivity contribution in [3.8, 4) is 0 Å². The van der Waals surface area contributed by atoms with Gasteiger partial charge in [-0.25, -0.2) is 0 Å². The third-order valence-corrected chi connectivity index (χ3v) is 3.17. The minimum Gasteiger partial charge on any atom is -0.345 e. The topological polar surface area (TPSA) is 83.6 Å². The fourth-order valence-corrected chi connectivity index (χ4v) is 1.92. The van der Waals surface area contributed by atoms with Crippen LogP contribution in [-0.2, 0) is 9.59 Å². The highest BCUT2D eigenvalue weighted by Crippen LogP contribution is 2.21. The molecule has 0 aromatic heterocycles. The van der Waals surface area contributed by atoms with Crippen LogP contribution in [0.3, 0.4) is 0 Å². The van der Waals surface area contributed by atoms with Crippen LogP contribution < -0.4 is 5.32 Å². The first-order valence-corrected chi connectivity index (χ1v) is 6.17. The van der Waals surface area contributed by atoms with Crippen molar-refractivity contribution in [2.75, 3.05) is 6.54 Å². The van der Waals surface area contributed by atoms with Crippen molar-refractivity contribution < 1.29 is 19.2 Å². The van der Waals surface area contributed by atoms with Crippen molar-refractivity contribution in [3.05, 3.63) is 35.4 Å². The van der Waals surface area contributed by atoms with Gasteiger partial charge in [-0.05, 0) is 26.0 Å². The third-order valence-electron chi connectivity index (χ3n) is 3.17. The molecule has 0 saturated carbocycles. The Hall–Kier alpha value is -2.50. The molecule has 0 spiro atoms. The van der Waals surface area contributed by atoms with Gasteiger partial charge < -0.3 is 5.32 Å². The van der Waals surface area contributed by atoms with Gasteiger partial charge in [0.05, 0.1) is 17.2 Å². The molecule has 0 radical (unpaired) electrons. The van der Waals surface area contributed by atoms with Crippen molar-refractivity contribution in [2.24, 2.45) is 0 Å². The smallest absolute Gasteiger partial charge is 0.262 e. The summed E-state index contributed by atoms with van der Waals surface area (Å²) in [7, 11) is 0. The number of rotatable bonds is 4. The second kappa shape index (κ2) is 5.24. The average Bonchev–Trinajstić information content (AvgIpc) is 2.64. The van der Waals surface area contributed by atoms with Crippen LogP contribution in [0.5, 0.6) is 0 Å². The van der Waals surface area contributed by atoms with E-state index in [1.54, 1.807) is 31.2 Å².